The zero-order valence-corrected chi connectivity index (χ0v) is 13.5. The van der Waals surface area contributed by atoms with E-state index in [0.29, 0.717) is 11.4 Å². The van der Waals surface area contributed by atoms with E-state index in [4.69, 9.17) is 16.7 Å². The third kappa shape index (κ3) is 4.23. The fourth-order valence-corrected chi connectivity index (χ4v) is 3.37. The smallest absolute Gasteiger partial charge is 0.305 e. The van der Waals surface area contributed by atoms with Crippen molar-refractivity contribution >= 4 is 23.5 Å². The van der Waals surface area contributed by atoms with Crippen molar-refractivity contribution in [3.8, 4) is 0 Å². The lowest BCUT2D eigenvalue weighted by atomic mass is 9.91. The fraction of sp³-hybridized carbons (Fsp3) is 0.529. The van der Waals surface area contributed by atoms with E-state index in [1.165, 1.54) is 0 Å². The Morgan fingerprint density at radius 1 is 1.32 bits per heavy atom. The Labute approximate surface area is 135 Å². The van der Waals surface area contributed by atoms with Crippen LogP contribution in [0.4, 0.5) is 0 Å². The van der Waals surface area contributed by atoms with E-state index in [0.717, 1.165) is 31.2 Å². The Kier molecular flexibility index (Phi) is 5.46. The molecule has 5 heteroatoms. The number of carbonyl (C=O) groups is 2. The quantitative estimate of drug-likeness (QED) is 0.843. The Morgan fingerprint density at radius 3 is 2.55 bits per heavy atom. The van der Waals surface area contributed by atoms with Crippen LogP contribution >= 0.6 is 11.6 Å². The Bertz CT molecular complexity index is 553. The zero-order chi connectivity index (χ0) is 16.2. The number of halogens is 1. The summed E-state index contributed by atoms with van der Waals surface area (Å²) in [5.74, 6) is -1.20. The topological polar surface area (TPSA) is 66.4 Å². The molecule has 0 bridgehead atoms. The van der Waals surface area contributed by atoms with Crippen molar-refractivity contribution in [2.75, 3.05) is 0 Å². The zero-order valence-electron chi connectivity index (χ0n) is 12.8. The summed E-state index contributed by atoms with van der Waals surface area (Å²) in [7, 11) is 0. The van der Waals surface area contributed by atoms with Crippen molar-refractivity contribution in [1.29, 1.82) is 0 Å². The van der Waals surface area contributed by atoms with Gasteiger partial charge in [0.1, 0.15) is 0 Å². The van der Waals surface area contributed by atoms with Crippen LogP contribution in [0.3, 0.4) is 0 Å². The molecule has 0 aromatic heterocycles. The van der Waals surface area contributed by atoms with Crippen molar-refractivity contribution in [2.24, 2.45) is 5.92 Å². The first kappa shape index (κ1) is 16.8. The number of carbonyl (C=O) groups excluding carboxylic acids is 1. The van der Waals surface area contributed by atoms with E-state index >= 15 is 0 Å². The third-order valence-corrected chi connectivity index (χ3v) is 4.74. The molecule has 1 atom stereocenters. The number of rotatable bonds is 6. The molecule has 1 aromatic rings. The SMILES string of the molecule is CC(Cc1ccccc1Cl)C(=O)NC1(CC(=O)O)CCCC1. The van der Waals surface area contributed by atoms with Crippen LogP contribution in [0.5, 0.6) is 0 Å². The minimum atomic E-state index is -0.860. The average Bonchev–Trinajstić information content (AvgIpc) is 2.88. The summed E-state index contributed by atoms with van der Waals surface area (Å²) in [6.45, 7) is 1.85. The highest BCUT2D eigenvalue weighted by Crippen LogP contribution is 2.33. The molecule has 22 heavy (non-hydrogen) atoms. The largest absolute Gasteiger partial charge is 0.481 e. The van der Waals surface area contributed by atoms with Gasteiger partial charge in [0.25, 0.3) is 0 Å². The first-order chi connectivity index (χ1) is 10.4. The molecule has 2 rings (SSSR count). The van der Waals surface area contributed by atoms with Crippen LogP contribution in [-0.4, -0.2) is 22.5 Å². The fourth-order valence-electron chi connectivity index (χ4n) is 3.16. The van der Waals surface area contributed by atoms with E-state index in [1.807, 2.05) is 31.2 Å². The highest BCUT2D eigenvalue weighted by Gasteiger charge is 2.38. The molecule has 0 aliphatic heterocycles. The van der Waals surface area contributed by atoms with E-state index in [9.17, 15) is 9.59 Å². The van der Waals surface area contributed by atoms with Crippen LogP contribution in [0.25, 0.3) is 0 Å². The van der Waals surface area contributed by atoms with E-state index in [1.54, 1.807) is 0 Å². The highest BCUT2D eigenvalue weighted by atomic mass is 35.5. The van der Waals surface area contributed by atoms with Gasteiger partial charge in [-0.2, -0.15) is 0 Å². The van der Waals surface area contributed by atoms with Crippen molar-refractivity contribution in [3.63, 3.8) is 0 Å². The minimum absolute atomic E-state index is 0.00243. The van der Waals surface area contributed by atoms with E-state index < -0.39 is 11.5 Å². The molecule has 0 heterocycles. The molecule has 0 spiro atoms. The molecule has 1 fully saturated rings. The van der Waals surface area contributed by atoms with Crippen molar-refractivity contribution in [1.82, 2.24) is 5.32 Å². The van der Waals surface area contributed by atoms with Crippen LogP contribution in [0, 0.1) is 5.92 Å². The van der Waals surface area contributed by atoms with Crippen molar-refractivity contribution in [3.05, 3.63) is 34.9 Å². The average molecular weight is 324 g/mol. The number of hydrogen-bond acceptors (Lipinski definition) is 2. The molecule has 1 amide bonds. The van der Waals surface area contributed by atoms with Gasteiger partial charge in [-0.3, -0.25) is 9.59 Å². The number of amides is 1. The summed E-state index contributed by atoms with van der Waals surface area (Å²) in [6.07, 6.45) is 3.96. The van der Waals surface area contributed by atoms with Crippen molar-refractivity contribution < 1.29 is 14.7 Å². The summed E-state index contributed by atoms with van der Waals surface area (Å²) in [5.41, 5.74) is 0.364. The summed E-state index contributed by atoms with van der Waals surface area (Å²) in [5, 5.41) is 12.7. The predicted molar refractivity (Wildman–Crippen MR) is 85.9 cm³/mol. The normalized spacial score (nSPS) is 17.9. The van der Waals surface area contributed by atoms with Gasteiger partial charge in [0, 0.05) is 10.9 Å². The van der Waals surface area contributed by atoms with E-state index in [-0.39, 0.29) is 18.2 Å². The second-order valence-corrected chi connectivity index (χ2v) is 6.65. The maximum Gasteiger partial charge on any atom is 0.305 e. The molecule has 4 nitrogen and oxygen atoms in total. The van der Waals surface area contributed by atoms with Gasteiger partial charge in [-0.05, 0) is 30.9 Å². The first-order valence-electron chi connectivity index (χ1n) is 7.69. The van der Waals surface area contributed by atoms with Crippen LogP contribution in [0.2, 0.25) is 5.02 Å². The molecular formula is C17H22ClNO3. The second-order valence-electron chi connectivity index (χ2n) is 6.24. The number of nitrogens with one attached hydrogen (secondary N) is 1. The van der Waals surface area contributed by atoms with Gasteiger partial charge in [0.2, 0.25) is 5.91 Å². The van der Waals surface area contributed by atoms with Gasteiger partial charge in [0.05, 0.1) is 12.0 Å². The molecule has 2 N–H and O–H groups in total. The molecule has 1 aliphatic rings. The number of aliphatic carboxylic acids is 1. The number of benzene rings is 1. The molecule has 1 unspecified atom stereocenters. The van der Waals surface area contributed by atoms with Gasteiger partial charge in [0.15, 0.2) is 0 Å². The van der Waals surface area contributed by atoms with Crippen LogP contribution in [0.15, 0.2) is 24.3 Å². The second kappa shape index (κ2) is 7.14. The lowest BCUT2D eigenvalue weighted by Gasteiger charge is -2.30. The molecule has 1 aliphatic carbocycles. The Balaban J connectivity index is 2.01. The van der Waals surface area contributed by atoms with Gasteiger partial charge < -0.3 is 10.4 Å². The summed E-state index contributed by atoms with van der Waals surface area (Å²) < 4.78 is 0. The van der Waals surface area contributed by atoms with Gasteiger partial charge >= 0.3 is 5.97 Å². The van der Waals surface area contributed by atoms with Crippen LogP contribution in [0.1, 0.15) is 44.6 Å². The first-order valence-corrected chi connectivity index (χ1v) is 8.07. The Hall–Kier alpha value is -1.55. The minimum Gasteiger partial charge on any atom is -0.481 e. The molecular weight excluding hydrogens is 302 g/mol. The molecule has 120 valence electrons. The maximum absolute atomic E-state index is 12.5. The monoisotopic (exact) mass is 323 g/mol. The standard InChI is InChI=1S/C17H22ClNO3/c1-12(10-13-6-2-3-7-14(13)18)16(22)19-17(11-15(20)21)8-4-5-9-17/h2-3,6-7,12H,4-5,8-11H2,1H3,(H,19,22)(H,20,21). The Morgan fingerprint density at radius 2 is 1.95 bits per heavy atom. The molecule has 1 aromatic carbocycles. The van der Waals surface area contributed by atoms with Gasteiger partial charge in [-0.1, -0.05) is 49.6 Å². The van der Waals surface area contributed by atoms with E-state index in [2.05, 4.69) is 5.32 Å². The maximum atomic E-state index is 12.5. The van der Waals surface area contributed by atoms with Crippen molar-refractivity contribution in [2.45, 2.75) is 51.0 Å². The molecule has 0 radical (unpaired) electrons. The predicted octanol–water partition coefficient (Wildman–Crippen LogP) is 3.42. The molecule has 1 saturated carbocycles. The lowest BCUT2D eigenvalue weighted by molar-refractivity contribution is -0.139. The lowest BCUT2D eigenvalue weighted by Crippen LogP contribution is -2.49. The van der Waals surface area contributed by atoms with Gasteiger partial charge in [-0.15, -0.1) is 0 Å². The number of hydrogen-bond donors (Lipinski definition) is 2. The number of carboxylic acids is 1. The molecule has 0 saturated heterocycles. The summed E-state index contributed by atoms with van der Waals surface area (Å²) >= 11 is 6.13. The van der Waals surface area contributed by atoms with Crippen LogP contribution < -0.4 is 5.32 Å². The van der Waals surface area contributed by atoms with Crippen LogP contribution in [-0.2, 0) is 16.0 Å². The summed E-state index contributed by atoms with van der Waals surface area (Å²) in [6, 6.07) is 7.48. The summed E-state index contributed by atoms with van der Waals surface area (Å²) in [4.78, 5) is 23.5. The number of carboxylic acid groups (broad SMARTS) is 1. The van der Waals surface area contributed by atoms with Gasteiger partial charge in [-0.25, -0.2) is 0 Å². The highest BCUT2D eigenvalue weighted by molar-refractivity contribution is 6.31. The third-order valence-electron chi connectivity index (χ3n) is 4.37.